The fourth-order valence-electron chi connectivity index (χ4n) is 1.75. The van der Waals surface area contributed by atoms with Gasteiger partial charge in [-0.2, -0.15) is 0 Å². The minimum Gasteiger partial charge on any atom is -0.455 e. The number of carbonyl (C=O) groups is 2. The van der Waals surface area contributed by atoms with Crippen LogP contribution in [0.5, 0.6) is 0 Å². The smallest absolute Gasteiger partial charge is 0.287 e. The molecule has 0 radical (unpaired) electrons. The van der Waals surface area contributed by atoms with Gasteiger partial charge in [-0.25, -0.2) is 0 Å². The molecule has 0 saturated carbocycles. The lowest BCUT2D eigenvalue weighted by Gasteiger charge is -2.24. The molecule has 1 aliphatic heterocycles. The Bertz CT molecular complexity index is 403. The summed E-state index contributed by atoms with van der Waals surface area (Å²) in [6, 6.07) is 3.31. The van der Waals surface area contributed by atoms with Gasteiger partial charge < -0.3 is 4.42 Å². The topological polar surface area (TPSA) is 50.5 Å². The molecule has 0 atom stereocenters. The van der Waals surface area contributed by atoms with E-state index in [0.717, 1.165) is 13.1 Å². The largest absolute Gasteiger partial charge is 0.455 e. The van der Waals surface area contributed by atoms with Crippen LogP contribution < -0.4 is 0 Å². The third-order valence-electron chi connectivity index (χ3n) is 2.65. The fourth-order valence-corrected chi connectivity index (χ4v) is 1.85. The molecule has 1 fully saturated rings. The summed E-state index contributed by atoms with van der Waals surface area (Å²) < 4.78 is 5.27. The third kappa shape index (κ3) is 2.71. The Kier molecular flexibility index (Phi) is 3.41. The SMILES string of the molecule is O=C1CCN(Cc2ccc(C(=O)Cl)o2)CC1. The van der Waals surface area contributed by atoms with Crippen molar-refractivity contribution in [1.82, 2.24) is 4.90 Å². The van der Waals surface area contributed by atoms with E-state index in [4.69, 9.17) is 16.0 Å². The lowest BCUT2D eigenvalue weighted by molar-refractivity contribution is -0.121. The molecule has 1 saturated heterocycles. The Morgan fingerprint density at radius 1 is 1.38 bits per heavy atom. The maximum Gasteiger partial charge on any atom is 0.287 e. The molecule has 0 aromatic carbocycles. The van der Waals surface area contributed by atoms with Gasteiger partial charge in [0.1, 0.15) is 11.5 Å². The Morgan fingerprint density at radius 2 is 2.06 bits per heavy atom. The first-order chi connectivity index (χ1) is 7.65. The zero-order chi connectivity index (χ0) is 11.5. The number of carbonyl (C=O) groups excluding carboxylic acids is 2. The number of furan rings is 1. The summed E-state index contributed by atoms with van der Waals surface area (Å²) in [6.45, 7) is 2.13. The summed E-state index contributed by atoms with van der Waals surface area (Å²) >= 11 is 5.29. The van der Waals surface area contributed by atoms with E-state index >= 15 is 0 Å². The average Bonchev–Trinajstić information content (AvgIpc) is 2.70. The highest BCUT2D eigenvalue weighted by Gasteiger charge is 2.17. The van der Waals surface area contributed by atoms with Crippen LogP contribution in [0.25, 0.3) is 0 Å². The van der Waals surface area contributed by atoms with Crippen molar-refractivity contribution < 1.29 is 14.0 Å². The Balaban J connectivity index is 1.93. The number of Topliss-reactive ketones (excluding diaryl/α,β-unsaturated/α-hetero) is 1. The van der Waals surface area contributed by atoms with Crippen LogP contribution in [0.2, 0.25) is 0 Å². The molecule has 2 rings (SSSR count). The molecule has 1 aliphatic rings. The van der Waals surface area contributed by atoms with E-state index in [0.29, 0.717) is 30.9 Å². The molecule has 0 unspecified atom stereocenters. The van der Waals surface area contributed by atoms with E-state index < -0.39 is 5.24 Å². The predicted octanol–water partition coefficient (Wildman–Crippen LogP) is 1.82. The summed E-state index contributed by atoms with van der Waals surface area (Å²) in [5, 5.41) is -0.583. The second-order valence-corrected chi connectivity index (χ2v) is 4.20. The maximum atomic E-state index is 11.0. The van der Waals surface area contributed by atoms with Gasteiger partial charge in [-0.1, -0.05) is 0 Å². The average molecular weight is 242 g/mol. The number of halogens is 1. The van der Waals surface area contributed by atoms with Crippen molar-refractivity contribution in [1.29, 1.82) is 0 Å². The van der Waals surface area contributed by atoms with Gasteiger partial charge >= 0.3 is 0 Å². The van der Waals surface area contributed by atoms with Gasteiger partial charge in [-0.3, -0.25) is 14.5 Å². The molecule has 0 bridgehead atoms. The molecular formula is C11H12ClNO3. The minimum absolute atomic E-state index is 0.171. The van der Waals surface area contributed by atoms with Crippen LogP contribution >= 0.6 is 11.6 Å². The highest BCUT2D eigenvalue weighted by Crippen LogP contribution is 2.15. The molecule has 0 N–H and O–H groups in total. The molecule has 0 spiro atoms. The van der Waals surface area contributed by atoms with Gasteiger partial charge in [0.15, 0.2) is 5.76 Å². The van der Waals surface area contributed by atoms with E-state index in [1.807, 2.05) is 0 Å². The molecule has 86 valence electrons. The van der Waals surface area contributed by atoms with Gasteiger partial charge in [0.05, 0.1) is 6.54 Å². The van der Waals surface area contributed by atoms with Crippen molar-refractivity contribution in [3.63, 3.8) is 0 Å². The molecule has 0 aliphatic carbocycles. The monoisotopic (exact) mass is 241 g/mol. The third-order valence-corrected chi connectivity index (χ3v) is 2.83. The number of rotatable bonds is 3. The van der Waals surface area contributed by atoms with E-state index in [-0.39, 0.29) is 5.76 Å². The van der Waals surface area contributed by atoms with Crippen molar-refractivity contribution in [3.05, 3.63) is 23.7 Å². The molecule has 16 heavy (non-hydrogen) atoms. The minimum atomic E-state index is -0.583. The zero-order valence-electron chi connectivity index (χ0n) is 8.74. The predicted molar refractivity (Wildman–Crippen MR) is 58.4 cm³/mol. The molecule has 5 heteroatoms. The van der Waals surface area contributed by atoms with E-state index in [9.17, 15) is 9.59 Å². The van der Waals surface area contributed by atoms with Gasteiger partial charge in [0, 0.05) is 25.9 Å². The van der Waals surface area contributed by atoms with Crippen LogP contribution in [-0.4, -0.2) is 29.0 Å². The number of likely N-dealkylation sites (tertiary alicyclic amines) is 1. The quantitative estimate of drug-likeness (QED) is 0.758. The van der Waals surface area contributed by atoms with Crippen LogP contribution in [0.3, 0.4) is 0 Å². The number of nitrogens with zero attached hydrogens (tertiary/aromatic N) is 1. The highest BCUT2D eigenvalue weighted by atomic mass is 35.5. The van der Waals surface area contributed by atoms with Crippen molar-refractivity contribution in [2.45, 2.75) is 19.4 Å². The first-order valence-electron chi connectivity index (χ1n) is 5.18. The van der Waals surface area contributed by atoms with Crippen LogP contribution in [0.4, 0.5) is 0 Å². The Hall–Kier alpha value is -1.13. The van der Waals surface area contributed by atoms with Crippen molar-refractivity contribution >= 4 is 22.6 Å². The second kappa shape index (κ2) is 4.80. The van der Waals surface area contributed by atoms with Crippen molar-refractivity contribution in [3.8, 4) is 0 Å². The Morgan fingerprint density at radius 3 is 2.62 bits per heavy atom. The normalized spacial score (nSPS) is 17.7. The van der Waals surface area contributed by atoms with Gasteiger partial charge in [0.2, 0.25) is 0 Å². The molecular weight excluding hydrogens is 230 g/mol. The number of hydrogen-bond donors (Lipinski definition) is 0. The van der Waals surface area contributed by atoms with Crippen LogP contribution in [0.15, 0.2) is 16.5 Å². The first kappa shape index (κ1) is 11.4. The maximum absolute atomic E-state index is 11.0. The lowest BCUT2D eigenvalue weighted by Crippen LogP contribution is -2.33. The van der Waals surface area contributed by atoms with Crippen molar-refractivity contribution in [2.75, 3.05) is 13.1 Å². The van der Waals surface area contributed by atoms with Gasteiger partial charge in [0.25, 0.3) is 5.24 Å². The zero-order valence-corrected chi connectivity index (χ0v) is 9.50. The number of ketones is 1. The summed E-state index contributed by atoms with van der Waals surface area (Å²) in [4.78, 5) is 24.0. The van der Waals surface area contributed by atoms with E-state index in [1.54, 1.807) is 12.1 Å². The number of piperidine rings is 1. The van der Waals surface area contributed by atoms with Crippen LogP contribution in [-0.2, 0) is 11.3 Å². The summed E-state index contributed by atoms with van der Waals surface area (Å²) in [6.07, 6.45) is 1.20. The molecule has 2 heterocycles. The van der Waals surface area contributed by atoms with E-state index in [1.165, 1.54) is 0 Å². The molecule has 1 aromatic rings. The van der Waals surface area contributed by atoms with Gasteiger partial charge in [-0.05, 0) is 23.7 Å². The second-order valence-electron chi connectivity index (χ2n) is 3.85. The lowest BCUT2D eigenvalue weighted by atomic mass is 10.1. The Labute approximate surface area is 98.2 Å². The van der Waals surface area contributed by atoms with E-state index in [2.05, 4.69) is 4.90 Å². The molecule has 1 aromatic heterocycles. The molecule has 4 nitrogen and oxygen atoms in total. The fraction of sp³-hybridized carbons (Fsp3) is 0.455. The summed E-state index contributed by atoms with van der Waals surface area (Å²) in [5.74, 6) is 1.19. The molecule has 0 amide bonds. The highest BCUT2D eigenvalue weighted by molar-refractivity contribution is 6.67. The van der Waals surface area contributed by atoms with Crippen molar-refractivity contribution in [2.24, 2.45) is 0 Å². The first-order valence-corrected chi connectivity index (χ1v) is 5.55. The van der Waals surface area contributed by atoms with Crippen LogP contribution in [0, 0.1) is 0 Å². The van der Waals surface area contributed by atoms with Gasteiger partial charge in [-0.15, -0.1) is 0 Å². The van der Waals surface area contributed by atoms with Crippen LogP contribution in [0.1, 0.15) is 29.2 Å². The summed E-state index contributed by atoms with van der Waals surface area (Å²) in [5.41, 5.74) is 0. The number of hydrogen-bond acceptors (Lipinski definition) is 4. The standard InChI is InChI=1S/C11H12ClNO3/c12-11(15)10-2-1-9(16-10)7-13-5-3-8(14)4-6-13/h1-2H,3-7H2. The summed E-state index contributed by atoms with van der Waals surface area (Å²) in [7, 11) is 0.